The fourth-order valence-electron chi connectivity index (χ4n) is 2.59. The van der Waals surface area contributed by atoms with Crippen molar-refractivity contribution >= 4 is 21.9 Å². The summed E-state index contributed by atoms with van der Waals surface area (Å²) in [4.78, 5) is 23.2. The lowest BCUT2D eigenvalue weighted by Gasteiger charge is -2.24. The van der Waals surface area contributed by atoms with Gasteiger partial charge in [0.2, 0.25) is 11.9 Å². The van der Waals surface area contributed by atoms with Gasteiger partial charge in [0, 0.05) is 9.89 Å². The van der Waals surface area contributed by atoms with E-state index in [1.165, 1.54) is 12.1 Å². The molecule has 3 heterocycles. The molecular formula is C19H14BrF2N3O2. The number of hydrogen-bond acceptors (Lipinski definition) is 4. The summed E-state index contributed by atoms with van der Waals surface area (Å²) in [6, 6.07) is 10.5. The fourth-order valence-corrected chi connectivity index (χ4v) is 3.03. The Kier molecular flexibility index (Phi) is 5.01. The molecule has 0 bridgehead atoms. The van der Waals surface area contributed by atoms with Gasteiger partial charge in [0.05, 0.1) is 22.6 Å². The Bertz CT molecular complexity index is 1040. The average molecular weight is 434 g/mol. The SMILES string of the molecule is CC(C)(c1cc(Br)cc(C(=O)O)n1)c1cccc(-c2ccc(F)nc2F)n1. The van der Waals surface area contributed by atoms with Crippen LogP contribution in [0.5, 0.6) is 0 Å². The zero-order valence-electron chi connectivity index (χ0n) is 14.4. The molecule has 0 aliphatic carbocycles. The number of rotatable bonds is 4. The number of hydrogen-bond donors (Lipinski definition) is 1. The number of aromatic carboxylic acids is 1. The monoisotopic (exact) mass is 433 g/mol. The number of carboxylic acids is 1. The minimum atomic E-state index is -1.14. The van der Waals surface area contributed by atoms with Gasteiger partial charge in [0.25, 0.3) is 0 Å². The Balaban J connectivity index is 2.09. The van der Waals surface area contributed by atoms with Gasteiger partial charge in [-0.1, -0.05) is 22.0 Å². The normalized spacial score (nSPS) is 11.4. The summed E-state index contributed by atoms with van der Waals surface area (Å²) in [5, 5.41) is 9.24. The second-order valence-corrected chi connectivity index (χ2v) is 7.28. The molecule has 3 aromatic rings. The van der Waals surface area contributed by atoms with E-state index >= 15 is 0 Å². The molecule has 0 radical (unpaired) electrons. The second kappa shape index (κ2) is 7.11. The molecule has 3 rings (SSSR count). The highest BCUT2D eigenvalue weighted by molar-refractivity contribution is 9.10. The van der Waals surface area contributed by atoms with Crippen molar-refractivity contribution in [3.05, 3.63) is 75.9 Å². The number of aromatic nitrogens is 3. The lowest BCUT2D eigenvalue weighted by atomic mass is 9.84. The first-order valence-electron chi connectivity index (χ1n) is 7.90. The first-order chi connectivity index (χ1) is 12.7. The highest BCUT2D eigenvalue weighted by Crippen LogP contribution is 2.32. The van der Waals surface area contributed by atoms with E-state index < -0.39 is 23.3 Å². The Hall–Kier alpha value is -2.74. The first kappa shape index (κ1) is 19.0. The van der Waals surface area contributed by atoms with Crippen LogP contribution < -0.4 is 0 Å². The fraction of sp³-hybridized carbons (Fsp3) is 0.158. The van der Waals surface area contributed by atoms with Gasteiger partial charge in [-0.3, -0.25) is 4.98 Å². The molecule has 0 spiro atoms. The summed E-state index contributed by atoms with van der Waals surface area (Å²) in [6.07, 6.45) is 0. The van der Waals surface area contributed by atoms with Crippen LogP contribution in [0, 0.1) is 11.9 Å². The van der Waals surface area contributed by atoms with Crippen molar-refractivity contribution in [3.63, 3.8) is 0 Å². The van der Waals surface area contributed by atoms with E-state index in [0.717, 1.165) is 6.07 Å². The van der Waals surface area contributed by atoms with Crippen LogP contribution in [-0.2, 0) is 5.41 Å². The van der Waals surface area contributed by atoms with Crippen molar-refractivity contribution in [2.24, 2.45) is 0 Å². The second-order valence-electron chi connectivity index (χ2n) is 6.37. The van der Waals surface area contributed by atoms with Crippen molar-refractivity contribution in [1.29, 1.82) is 0 Å². The predicted molar refractivity (Wildman–Crippen MR) is 98.4 cm³/mol. The third-order valence-electron chi connectivity index (χ3n) is 4.13. The van der Waals surface area contributed by atoms with E-state index in [-0.39, 0.29) is 11.3 Å². The van der Waals surface area contributed by atoms with Crippen LogP contribution in [0.15, 0.2) is 46.9 Å². The molecule has 0 amide bonds. The van der Waals surface area contributed by atoms with Crippen molar-refractivity contribution in [1.82, 2.24) is 15.0 Å². The van der Waals surface area contributed by atoms with Crippen LogP contribution >= 0.6 is 15.9 Å². The highest BCUT2D eigenvalue weighted by Gasteiger charge is 2.28. The number of carboxylic acid groups (broad SMARTS) is 1. The maximum atomic E-state index is 14.0. The Morgan fingerprint density at radius 3 is 2.44 bits per heavy atom. The quantitative estimate of drug-likeness (QED) is 0.608. The van der Waals surface area contributed by atoms with Gasteiger partial charge in [-0.2, -0.15) is 13.8 Å². The van der Waals surface area contributed by atoms with Gasteiger partial charge < -0.3 is 5.11 Å². The smallest absolute Gasteiger partial charge is 0.354 e. The van der Waals surface area contributed by atoms with Gasteiger partial charge in [0.15, 0.2) is 0 Å². The van der Waals surface area contributed by atoms with Crippen molar-refractivity contribution < 1.29 is 18.7 Å². The van der Waals surface area contributed by atoms with Gasteiger partial charge in [0.1, 0.15) is 5.69 Å². The number of carbonyl (C=O) groups is 1. The van der Waals surface area contributed by atoms with Crippen LogP contribution in [0.25, 0.3) is 11.3 Å². The molecular weight excluding hydrogens is 420 g/mol. The average Bonchev–Trinajstić information content (AvgIpc) is 2.61. The molecule has 27 heavy (non-hydrogen) atoms. The molecule has 0 atom stereocenters. The molecule has 3 aromatic heterocycles. The molecule has 0 aromatic carbocycles. The van der Waals surface area contributed by atoms with Crippen molar-refractivity contribution in [2.45, 2.75) is 19.3 Å². The molecule has 1 N–H and O–H groups in total. The number of pyridine rings is 3. The molecule has 0 unspecified atom stereocenters. The van der Waals surface area contributed by atoms with Crippen LogP contribution in [0.2, 0.25) is 0 Å². The number of halogens is 3. The predicted octanol–water partition coefficient (Wildman–Crippen LogP) is 4.60. The lowest BCUT2D eigenvalue weighted by molar-refractivity contribution is 0.0690. The topological polar surface area (TPSA) is 76.0 Å². The molecule has 138 valence electrons. The van der Waals surface area contributed by atoms with Crippen LogP contribution in [0.3, 0.4) is 0 Å². The third-order valence-corrected chi connectivity index (χ3v) is 4.59. The minimum absolute atomic E-state index is 0.0717. The highest BCUT2D eigenvalue weighted by atomic mass is 79.9. The summed E-state index contributed by atoms with van der Waals surface area (Å²) >= 11 is 3.30. The van der Waals surface area contributed by atoms with Crippen LogP contribution in [0.1, 0.15) is 35.7 Å². The third kappa shape index (κ3) is 3.85. The minimum Gasteiger partial charge on any atom is -0.477 e. The van der Waals surface area contributed by atoms with Gasteiger partial charge in [-0.25, -0.2) is 9.78 Å². The Morgan fingerprint density at radius 2 is 1.78 bits per heavy atom. The van der Waals surface area contributed by atoms with E-state index in [9.17, 15) is 18.7 Å². The largest absolute Gasteiger partial charge is 0.477 e. The van der Waals surface area contributed by atoms with Crippen LogP contribution in [0.4, 0.5) is 8.78 Å². The van der Waals surface area contributed by atoms with E-state index in [1.54, 1.807) is 24.3 Å². The molecule has 0 aliphatic heterocycles. The zero-order valence-corrected chi connectivity index (χ0v) is 16.0. The van der Waals surface area contributed by atoms with Gasteiger partial charge in [-0.05, 0) is 50.2 Å². The van der Waals surface area contributed by atoms with Gasteiger partial charge >= 0.3 is 5.97 Å². The van der Waals surface area contributed by atoms with E-state index in [1.807, 2.05) is 13.8 Å². The van der Waals surface area contributed by atoms with Gasteiger partial charge in [-0.15, -0.1) is 0 Å². The van der Waals surface area contributed by atoms with E-state index in [4.69, 9.17) is 0 Å². The molecule has 0 fully saturated rings. The summed E-state index contributed by atoms with van der Waals surface area (Å²) < 4.78 is 27.6. The first-order valence-corrected chi connectivity index (χ1v) is 8.69. The van der Waals surface area contributed by atoms with E-state index in [0.29, 0.717) is 21.6 Å². The van der Waals surface area contributed by atoms with Crippen molar-refractivity contribution in [3.8, 4) is 11.3 Å². The molecule has 0 saturated carbocycles. The molecule has 0 aliphatic rings. The summed E-state index contributed by atoms with van der Waals surface area (Å²) in [7, 11) is 0. The standard InChI is InChI=1S/C19H14BrF2N3O2/c1-19(2,15-9-10(20)8-13(24-15)18(26)27)14-5-3-4-12(23-14)11-6-7-16(21)25-17(11)22/h3-9H,1-2H3,(H,26,27). The van der Waals surface area contributed by atoms with Crippen molar-refractivity contribution in [2.75, 3.05) is 0 Å². The lowest BCUT2D eigenvalue weighted by Crippen LogP contribution is -2.23. The summed E-state index contributed by atoms with van der Waals surface area (Å²) in [5.41, 5.74) is 0.523. The zero-order chi connectivity index (χ0) is 19.8. The Labute approximate surface area is 162 Å². The maximum absolute atomic E-state index is 14.0. The molecule has 0 saturated heterocycles. The maximum Gasteiger partial charge on any atom is 0.354 e. The Morgan fingerprint density at radius 1 is 1.04 bits per heavy atom. The van der Waals surface area contributed by atoms with E-state index in [2.05, 4.69) is 30.9 Å². The van der Waals surface area contributed by atoms with Crippen LogP contribution in [-0.4, -0.2) is 26.0 Å². The number of nitrogens with zero attached hydrogens (tertiary/aromatic N) is 3. The molecule has 8 heteroatoms. The summed E-state index contributed by atoms with van der Waals surface area (Å²) in [6.45, 7) is 3.66. The molecule has 5 nitrogen and oxygen atoms in total. The summed E-state index contributed by atoms with van der Waals surface area (Å²) in [5.74, 6) is -3.01.